The lowest BCUT2D eigenvalue weighted by Gasteiger charge is -2.12. The summed E-state index contributed by atoms with van der Waals surface area (Å²) < 4.78 is 5.25. The van der Waals surface area contributed by atoms with Gasteiger partial charge in [-0.15, -0.1) is 11.3 Å². The van der Waals surface area contributed by atoms with Crippen molar-refractivity contribution >= 4 is 39.2 Å². The third-order valence-corrected chi connectivity index (χ3v) is 5.69. The van der Waals surface area contributed by atoms with Gasteiger partial charge in [0.2, 0.25) is 0 Å². The zero-order chi connectivity index (χ0) is 18.1. The van der Waals surface area contributed by atoms with Crippen LogP contribution in [0.25, 0.3) is 11.0 Å². The Hall–Kier alpha value is -2.67. The summed E-state index contributed by atoms with van der Waals surface area (Å²) >= 11 is 1.52. The van der Waals surface area contributed by atoms with Gasteiger partial charge >= 0.3 is 5.97 Å². The Bertz CT molecular complexity index is 1040. The van der Waals surface area contributed by atoms with E-state index in [1.165, 1.54) is 16.2 Å². The van der Waals surface area contributed by atoms with Gasteiger partial charge in [0.15, 0.2) is 5.82 Å². The molecule has 6 nitrogen and oxygen atoms in total. The molecule has 4 rings (SSSR count). The molecule has 26 heavy (non-hydrogen) atoms. The maximum absolute atomic E-state index is 12.5. The highest BCUT2D eigenvalue weighted by Crippen LogP contribution is 2.39. The fourth-order valence-electron chi connectivity index (χ4n) is 3.29. The Morgan fingerprint density at radius 1 is 1.31 bits per heavy atom. The van der Waals surface area contributed by atoms with Gasteiger partial charge in [-0.1, -0.05) is 12.1 Å². The number of hydrogen-bond acceptors (Lipinski definition) is 6. The number of hydrogen-bond donors (Lipinski definition) is 2. The largest absolute Gasteiger partial charge is 0.462 e. The van der Waals surface area contributed by atoms with E-state index in [2.05, 4.69) is 15.3 Å². The van der Waals surface area contributed by atoms with Gasteiger partial charge in [0, 0.05) is 4.88 Å². The number of aryl methyl sites for hydroxylation is 1. The van der Waals surface area contributed by atoms with Gasteiger partial charge in [-0.3, -0.25) is 4.79 Å². The van der Waals surface area contributed by atoms with Gasteiger partial charge in [-0.25, -0.2) is 9.78 Å². The van der Waals surface area contributed by atoms with E-state index in [1.54, 1.807) is 13.0 Å². The van der Waals surface area contributed by atoms with Gasteiger partial charge < -0.3 is 15.0 Å². The number of anilines is 2. The molecular formula is C19H19N3O3S. The van der Waals surface area contributed by atoms with Crippen molar-refractivity contribution in [1.29, 1.82) is 0 Å². The Labute approximate surface area is 154 Å². The third-order valence-electron chi connectivity index (χ3n) is 4.48. The number of ether oxygens (including phenoxy) is 1. The molecule has 0 atom stereocenters. The predicted molar refractivity (Wildman–Crippen MR) is 103 cm³/mol. The smallest absolute Gasteiger partial charge is 0.341 e. The van der Waals surface area contributed by atoms with Gasteiger partial charge in [-0.05, 0) is 50.3 Å². The van der Waals surface area contributed by atoms with Crippen molar-refractivity contribution in [3.8, 4) is 0 Å². The van der Waals surface area contributed by atoms with Crippen LogP contribution in [0.4, 0.5) is 10.8 Å². The number of carbonyl (C=O) groups excluding carboxylic acids is 1. The van der Waals surface area contributed by atoms with Crippen molar-refractivity contribution in [3.05, 3.63) is 50.6 Å². The summed E-state index contributed by atoms with van der Waals surface area (Å²) in [4.78, 5) is 33.4. The number of thiophene rings is 1. The van der Waals surface area contributed by atoms with E-state index in [-0.39, 0.29) is 17.3 Å². The standard InChI is InChI=1S/C19H19N3O3S/c1-2-25-19(24)15-11-7-3-6-10-14(11)26-18(15)22-16-17(23)21-13-9-5-4-8-12(13)20-16/h4-5,8-9H,2-3,6-7,10H2,1H3,(H,20,22)(H,21,23). The number of esters is 1. The van der Waals surface area contributed by atoms with Crippen LogP contribution in [0.5, 0.6) is 0 Å². The fourth-order valence-corrected chi connectivity index (χ4v) is 4.57. The van der Waals surface area contributed by atoms with Gasteiger partial charge in [0.25, 0.3) is 5.56 Å². The first-order valence-corrected chi connectivity index (χ1v) is 9.56. The number of benzene rings is 1. The molecule has 1 aromatic carbocycles. The molecule has 0 radical (unpaired) electrons. The van der Waals surface area contributed by atoms with Crippen molar-refractivity contribution < 1.29 is 9.53 Å². The second-order valence-electron chi connectivity index (χ2n) is 6.19. The van der Waals surface area contributed by atoms with E-state index in [0.717, 1.165) is 31.2 Å². The maximum atomic E-state index is 12.5. The van der Waals surface area contributed by atoms with Gasteiger partial charge in [-0.2, -0.15) is 0 Å². The minimum atomic E-state index is -0.341. The molecule has 0 aliphatic heterocycles. The Morgan fingerprint density at radius 3 is 2.96 bits per heavy atom. The lowest BCUT2D eigenvalue weighted by Crippen LogP contribution is -2.15. The maximum Gasteiger partial charge on any atom is 0.341 e. The highest BCUT2D eigenvalue weighted by atomic mass is 32.1. The molecule has 0 fully saturated rings. The average Bonchev–Trinajstić information content (AvgIpc) is 3.00. The van der Waals surface area contributed by atoms with Crippen molar-refractivity contribution in [1.82, 2.24) is 9.97 Å². The number of aromatic nitrogens is 2. The van der Waals surface area contributed by atoms with Crippen molar-refractivity contribution in [2.75, 3.05) is 11.9 Å². The summed E-state index contributed by atoms with van der Waals surface area (Å²) in [5.74, 6) is -0.153. The van der Waals surface area contributed by atoms with Gasteiger partial charge in [0.05, 0.1) is 23.2 Å². The molecule has 0 bridgehead atoms. The zero-order valence-corrected chi connectivity index (χ0v) is 15.2. The summed E-state index contributed by atoms with van der Waals surface area (Å²) in [6.07, 6.45) is 3.99. The Kier molecular flexibility index (Phi) is 4.46. The minimum absolute atomic E-state index is 0.188. The number of para-hydroxylation sites is 2. The molecule has 1 aliphatic rings. The molecule has 0 unspecified atom stereocenters. The molecule has 7 heteroatoms. The molecule has 2 heterocycles. The summed E-state index contributed by atoms with van der Waals surface area (Å²) in [6, 6.07) is 7.36. The van der Waals surface area contributed by atoms with Crippen LogP contribution in [0.3, 0.4) is 0 Å². The first-order valence-electron chi connectivity index (χ1n) is 8.75. The van der Waals surface area contributed by atoms with E-state index >= 15 is 0 Å². The number of nitrogens with one attached hydrogen (secondary N) is 2. The van der Waals surface area contributed by atoms with E-state index < -0.39 is 0 Å². The Morgan fingerprint density at radius 2 is 2.12 bits per heavy atom. The lowest BCUT2D eigenvalue weighted by molar-refractivity contribution is 0.0526. The second-order valence-corrected chi connectivity index (χ2v) is 7.30. The fraction of sp³-hybridized carbons (Fsp3) is 0.316. The number of rotatable bonds is 4. The van der Waals surface area contributed by atoms with Crippen LogP contribution in [-0.4, -0.2) is 22.5 Å². The normalized spacial score (nSPS) is 13.4. The highest BCUT2D eigenvalue weighted by molar-refractivity contribution is 7.16. The van der Waals surface area contributed by atoms with Crippen LogP contribution in [-0.2, 0) is 17.6 Å². The molecule has 0 saturated heterocycles. The Balaban J connectivity index is 1.78. The van der Waals surface area contributed by atoms with E-state index in [1.807, 2.05) is 18.2 Å². The summed E-state index contributed by atoms with van der Waals surface area (Å²) in [5.41, 5.74) is 2.66. The third kappa shape index (κ3) is 2.99. The van der Waals surface area contributed by atoms with E-state index in [9.17, 15) is 9.59 Å². The minimum Gasteiger partial charge on any atom is -0.462 e. The van der Waals surface area contributed by atoms with Crippen LogP contribution in [0.1, 0.15) is 40.6 Å². The number of aromatic amines is 1. The SMILES string of the molecule is CCOC(=O)c1c(Nc2nc3ccccc3[nH]c2=O)sc2c1CCCC2. The predicted octanol–water partition coefficient (Wildman–Crippen LogP) is 3.78. The lowest BCUT2D eigenvalue weighted by atomic mass is 9.95. The van der Waals surface area contributed by atoms with E-state index in [4.69, 9.17) is 4.74 Å². The number of carbonyl (C=O) groups is 1. The number of nitrogens with zero attached hydrogens (tertiary/aromatic N) is 1. The van der Waals surface area contributed by atoms with Crippen LogP contribution in [0.15, 0.2) is 29.1 Å². The van der Waals surface area contributed by atoms with Crippen molar-refractivity contribution in [3.63, 3.8) is 0 Å². The molecule has 2 N–H and O–H groups in total. The van der Waals surface area contributed by atoms with Crippen molar-refractivity contribution in [2.24, 2.45) is 0 Å². The van der Waals surface area contributed by atoms with Crippen molar-refractivity contribution in [2.45, 2.75) is 32.6 Å². The van der Waals surface area contributed by atoms with Crippen LogP contribution >= 0.6 is 11.3 Å². The summed E-state index contributed by atoms with van der Waals surface area (Å²) in [5, 5.41) is 3.73. The number of fused-ring (bicyclic) bond motifs is 2. The summed E-state index contributed by atoms with van der Waals surface area (Å²) in [7, 11) is 0. The molecular weight excluding hydrogens is 350 g/mol. The van der Waals surface area contributed by atoms with Crippen LogP contribution in [0.2, 0.25) is 0 Å². The second kappa shape index (κ2) is 6.92. The first kappa shape index (κ1) is 16.8. The molecule has 3 aromatic rings. The zero-order valence-electron chi connectivity index (χ0n) is 14.4. The van der Waals surface area contributed by atoms with E-state index in [0.29, 0.717) is 28.2 Å². The molecule has 134 valence electrons. The highest BCUT2D eigenvalue weighted by Gasteiger charge is 2.27. The molecule has 0 amide bonds. The number of H-pyrrole nitrogens is 1. The monoisotopic (exact) mass is 369 g/mol. The molecule has 2 aromatic heterocycles. The quantitative estimate of drug-likeness (QED) is 0.684. The van der Waals surface area contributed by atoms with Crippen LogP contribution < -0.4 is 10.9 Å². The first-order chi connectivity index (χ1) is 12.7. The molecule has 0 saturated carbocycles. The van der Waals surface area contributed by atoms with Gasteiger partial charge in [0.1, 0.15) is 5.00 Å². The average molecular weight is 369 g/mol. The summed E-state index contributed by atoms with van der Waals surface area (Å²) in [6.45, 7) is 2.11. The van der Waals surface area contributed by atoms with Crippen LogP contribution in [0, 0.1) is 0 Å². The molecule has 0 spiro atoms. The molecule has 1 aliphatic carbocycles. The topological polar surface area (TPSA) is 84.1 Å².